The molecule has 1 aromatic carbocycles. The van der Waals surface area contributed by atoms with Gasteiger partial charge in [0, 0.05) is 6.07 Å². The van der Waals surface area contributed by atoms with E-state index in [-0.39, 0.29) is 0 Å². The van der Waals surface area contributed by atoms with Gasteiger partial charge in [0.15, 0.2) is 0 Å². The highest BCUT2D eigenvalue weighted by Gasteiger charge is 2.01. The van der Waals surface area contributed by atoms with E-state index in [0.717, 1.165) is 50.5 Å². The predicted molar refractivity (Wildman–Crippen MR) is 88.5 cm³/mol. The molecule has 4 nitrogen and oxygen atoms in total. The minimum absolute atomic E-state index is 0.860. The summed E-state index contributed by atoms with van der Waals surface area (Å²) < 4.78 is 10.6. The van der Waals surface area contributed by atoms with Crippen LogP contribution in [0.4, 0.5) is 0 Å². The largest absolute Gasteiger partial charge is 0.497 e. The van der Waals surface area contributed by atoms with Crippen LogP contribution in [0.5, 0.6) is 11.5 Å². The van der Waals surface area contributed by atoms with Gasteiger partial charge in [-0.3, -0.25) is 0 Å². The Morgan fingerprint density at radius 1 is 0.810 bits per heavy atom. The monoisotopic (exact) mass is 294 g/mol. The van der Waals surface area contributed by atoms with Crippen molar-refractivity contribution < 1.29 is 9.47 Å². The van der Waals surface area contributed by atoms with Crippen molar-refractivity contribution >= 4 is 0 Å². The summed E-state index contributed by atoms with van der Waals surface area (Å²) in [5, 5.41) is 6.90. The molecule has 0 aromatic heterocycles. The summed E-state index contributed by atoms with van der Waals surface area (Å²) in [5.74, 6) is 1.72. The molecule has 1 aromatic rings. The molecule has 2 N–H and O–H groups in total. The Bertz CT molecular complexity index is 361. The number of nitrogens with one attached hydrogen (secondary N) is 2. The zero-order chi connectivity index (χ0) is 15.3. The van der Waals surface area contributed by atoms with E-state index in [2.05, 4.69) is 29.7 Å². The first-order valence-corrected chi connectivity index (χ1v) is 7.93. The topological polar surface area (TPSA) is 42.5 Å². The van der Waals surface area contributed by atoms with E-state index in [1.165, 1.54) is 18.4 Å². The second-order valence-electron chi connectivity index (χ2n) is 5.18. The zero-order valence-corrected chi connectivity index (χ0v) is 13.7. The molecule has 120 valence electrons. The van der Waals surface area contributed by atoms with Crippen LogP contribution < -0.4 is 20.1 Å². The fourth-order valence-electron chi connectivity index (χ4n) is 2.19. The predicted octanol–water partition coefficient (Wildman–Crippen LogP) is 2.62. The van der Waals surface area contributed by atoms with Gasteiger partial charge in [-0.25, -0.2) is 0 Å². The average Bonchev–Trinajstić information content (AvgIpc) is 2.52. The minimum Gasteiger partial charge on any atom is -0.497 e. The maximum atomic E-state index is 5.29. The van der Waals surface area contributed by atoms with Crippen LogP contribution in [0.2, 0.25) is 0 Å². The average molecular weight is 294 g/mol. The first kappa shape index (κ1) is 17.8. The van der Waals surface area contributed by atoms with Gasteiger partial charge in [0.05, 0.1) is 14.2 Å². The van der Waals surface area contributed by atoms with Gasteiger partial charge in [0.2, 0.25) is 0 Å². The van der Waals surface area contributed by atoms with Crippen molar-refractivity contribution in [2.75, 3.05) is 40.4 Å². The van der Waals surface area contributed by atoms with Gasteiger partial charge in [-0.2, -0.15) is 0 Å². The van der Waals surface area contributed by atoms with E-state index < -0.39 is 0 Å². The minimum atomic E-state index is 0.860. The maximum absolute atomic E-state index is 5.29. The second kappa shape index (κ2) is 11.4. The molecule has 0 spiro atoms. The lowest BCUT2D eigenvalue weighted by Gasteiger charge is -2.09. The van der Waals surface area contributed by atoms with Gasteiger partial charge in [0.1, 0.15) is 11.5 Å². The van der Waals surface area contributed by atoms with Crippen LogP contribution in [-0.4, -0.2) is 40.4 Å². The summed E-state index contributed by atoms with van der Waals surface area (Å²) in [6.45, 7) is 6.55. The number of methoxy groups -OCH3 is 2. The molecule has 0 radical (unpaired) electrons. The van der Waals surface area contributed by atoms with Crippen LogP contribution in [0.3, 0.4) is 0 Å². The third-order valence-corrected chi connectivity index (χ3v) is 3.36. The van der Waals surface area contributed by atoms with E-state index in [9.17, 15) is 0 Å². The summed E-state index contributed by atoms with van der Waals surface area (Å²) >= 11 is 0. The lowest BCUT2D eigenvalue weighted by atomic mass is 10.1. The maximum Gasteiger partial charge on any atom is 0.122 e. The van der Waals surface area contributed by atoms with Crippen molar-refractivity contribution in [2.45, 2.75) is 32.6 Å². The Kier molecular flexibility index (Phi) is 9.66. The molecule has 0 aliphatic heterocycles. The van der Waals surface area contributed by atoms with Crippen LogP contribution >= 0.6 is 0 Å². The SMILES string of the molecule is CCCNCCCNCCCc1cc(OC)cc(OC)c1. The van der Waals surface area contributed by atoms with Crippen LogP contribution in [-0.2, 0) is 6.42 Å². The molecule has 0 fully saturated rings. The Hall–Kier alpha value is -1.26. The van der Waals surface area contributed by atoms with E-state index in [0.29, 0.717) is 0 Å². The van der Waals surface area contributed by atoms with Crippen molar-refractivity contribution in [3.8, 4) is 11.5 Å². The van der Waals surface area contributed by atoms with Crippen molar-refractivity contribution in [3.63, 3.8) is 0 Å². The van der Waals surface area contributed by atoms with Gasteiger partial charge in [-0.05, 0) is 69.6 Å². The Labute approximate surface area is 129 Å². The van der Waals surface area contributed by atoms with Gasteiger partial charge in [0.25, 0.3) is 0 Å². The standard InChI is InChI=1S/C17H30N2O2/c1-4-8-18-10-6-11-19-9-5-7-15-12-16(20-2)14-17(13-15)21-3/h12-14,18-19H,4-11H2,1-3H3. The van der Waals surface area contributed by atoms with Crippen molar-refractivity contribution in [1.82, 2.24) is 10.6 Å². The summed E-state index contributed by atoms with van der Waals surface area (Å²) in [5.41, 5.74) is 1.26. The van der Waals surface area contributed by atoms with E-state index in [1.54, 1.807) is 14.2 Å². The van der Waals surface area contributed by atoms with Gasteiger partial charge < -0.3 is 20.1 Å². The molecular weight excluding hydrogens is 264 g/mol. The molecule has 0 unspecified atom stereocenters. The molecule has 1 rings (SSSR count). The lowest BCUT2D eigenvalue weighted by molar-refractivity contribution is 0.393. The number of benzene rings is 1. The lowest BCUT2D eigenvalue weighted by Crippen LogP contribution is -2.23. The van der Waals surface area contributed by atoms with Crippen LogP contribution in [0, 0.1) is 0 Å². The zero-order valence-electron chi connectivity index (χ0n) is 13.7. The fraction of sp³-hybridized carbons (Fsp3) is 0.647. The second-order valence-corrected chi connectivity index (χ2v) is 5.18. The summed E-state index contributed by atoms with van der Waals surface area (Å²) in [6.07, 6.45) is 4.55. The highest BCUT2D eigenvalue weighted by molar-refractivity contribution is 5.38. The first-order valence-electron chi connectivity index (χ1n) is 7.93. The van der Waals surface area contributed by atoms with Gasteiger partial charge in [-0.1, -0.05) is 6.92 Å². The summed E-state index contributed by atoms with van der Waals surface area (Å²) in [7, 11) is 3.37. The number of hydrogen-bond donors (Lipinski definition) is 2. The van der Waals surface area contributed by atoms with Crippen molar-refractivity contribution in [1.29, 1.82) is 0 Å². The highest BCUT2D eigenvalue weighted by Crippen LogP contribution is 2.23. The summed E-state index contributed by atoms with van der Waals surface area (Å²) in [4.78, 5) is 0. The van der Waals surface area contributed by atoms with E-state index in [4.69, 9.17) is 9.47 Å². The molecule has 4 heteroatoms. The number of ether oxygens (including phenoxy) is 2. The molecule has 0 saturated heterocycles. The smallest absolute Gasteiger partial charge is 0.122 e. The van der Waals surface area contributed by atoms with Gasteiger partial charge >= 0.3 is 0 Å². The third kappa shape index (κ3) is 7.93. The third-order valence-electron chi connectivity index (χ3n) is 3.36. The molecule has 0 aliphatic carbocycles. The number of aryl methyl sites for hydroxylation is 1. The highest BCUT2D eigenvalue weighted by atomic mass is 16.5. The van der Waals surface area contributed by atoms with Crippen LogP contribution in [0.25, 0.3) is 0 Å². The van der Waals surface area contributed by atoms with E-state index in [1.807, 2.05) is 6.07 Å². The Balaban J connectivity index is 2.15. The van der Waals surface area contributed by atoms with E-state index >= 15 is 0 Å². The molecule has 21 heavy (non-hydrogen) atoms. The molecular formula is C17H30N2O2. The van der Waals surface area contributed by atoms with Crippen LogP contribution in [0.1, 0.15) is 31.7 Å². The van der Waals surface area contributed by atoms with Gasteiger partial charge in [-0.15, -0.1) is 0 Å². The Morgan fingerprint density at radius 2 is 1.38 bits per heavy atom. The molecule has 0 bridgehead atoms. The van der Waals surface area contributed by atoms with Crippen molar-refractivity contribution in [3.05, 3.63) is 23.8 Å². The molecule has 0 aliphatic rings. The fourth-order valence-corrected chi connectivity index (χ4v) is 2.19. The normalized spacial score (nSPS) is 10.6. The molecule has 0 heterocycles. The molecule has 0 atom stereocenters. The number of hydrogen-bond acceptors (Lipinski definition) is 4. The number of rotatable bonds is 12. The first-order chi connectivity index (χ1) is 10.3. The molecule has 0 saturated carbocycles. The van der Waals surface area contributed by atoms with Crippen LogP contribution in [0.15, 0.2) is 18.2 Å². The molecule has 0 amide bonds. The van der Waals surface area contributed by atoms with Crippen molar-refractivity contribution in [2.24, 2.45) is 0 Å². The quantitative estimate of drug-likeness (QED) is 0.582. The summed E-state index contributed by atoms with van der Waals surface area (Å²) in [6, 6.07) is 6.07. The Morgan fingerprint density at radius 3 is 1.95 bits per heavy atom.